The molecule has 0 aliphatic rings. The molecule has 1 aromatic carbocycles. The summed E-state index contributed by atoms with van der Waals surface area (Å²) in [5, 5.41) is 13.5. The van der Waals surface area contributed by atoms with E-state index < -0.39 is 0 Å². The summed E-state index contributed by atoms with van der Waals surface area (Å²) in [7, 11) is 0. The average molecular weight is 293 g/mol. The maximum Gasteiger partial charge on any atom is 0.206 e. The van der Waals surface area contributed by atoms with Crippen LogP contribution in [0.25, 0.3) is 0 Å². The van der Waals surface area contributed by atoms with Crippen LogP contribution in [-0.2, 0) is 6.42 Å². The normalized spacial score (nSPS) is 12.7. The molecule has 0 radical (unpaired) electrons. The van der Waals surface area contributed by atoms with Gasteiger partial charge in [-0.05, 0) is 30.0 Å². The third-order valence-corrected chi connectivity index (χ3v) is 3.88. The standard InChI is InChI=1S/C15H20FN3S/c1-4-13(11-6-5-7-12(16)9-11)17-15-19-18-14(20-15)8-10(2)3/h5-7,9-10,13H,4,8H2,1-3H3,(H,17,19). The highest BCUT2D eigenvalue weighted by atomic mass is 32.1. The number of hydrogen-bond acceptors (Lipinski definition) is 4. The predicted octanol–water partition coefficient (Wildman–Crippen LogP) is 4.44. The molecule has 0 bridgehead atoms. The van der Waals surface area contributed by atoms with Crippen molar-refractivity contribution in [1.29, 1.82) is 0 Å². The SMILES string of the molecule is CCC(Nc1nnc(CC(C)C)s1)c1cccc(F)c1. The largest absolute Gasteiger partial charge is 0.353 e. The Bertz CT molecular complexity index is 554. The Balaban J connectivity index is 2.08. The van der Waals surface area contributed by atoms with Crippen molar-refractivity contribution in [2.24, 2.45) is 5.92 Å². The van der Waals surface area contributed by atoms with Crippen LogP contribution < -0.4 is 5.32 Å². The molecule has 0 spiro atoms. The van der Waals surface area contributed by atoms with Gasteiger partial charge in [0.25, 0.3) is 0 Å². The van der Waals surface area contributed by atoms with Crippen LogP contribution in [0.2, 0.25) is 0 Å². The van der Waals surface area contributed by atoms with E-state index in [1.54, 1.807) is 23.5 Å². The van der Waals surface area contributed by atoms with Gasteiger partial charge in [-0.2, -0.15) is 0 Å². The topological polar surface area (TPSA) is 37.8 Å². The monoisotopic (exact) mass is 293 g/mol. The van der Waals surface area contributed by atoms with Crippen molar-refractivity contribution in [2.45, 2.75) is 39.7 Å². The zero-order valence-electron chi connectivity index (χ0n) is 12.1. The molecule has 2 aromatic rings. The lowest BCUT2D eigenvalue weighted by Crippen LogP contribution is -2.09. The summed E-state index contributed by atoms with van der Waals surface area (Å²) < 4.78 is 13.3. The average Bonchev–Trinajstić information content (AvgIpc) is 2.82. The van der Waals surface area contributed by atoms with Gasteiger partial charge in [0.05, 0.1) is 6.04 Å². The molecule has 0 aliphatic heterocycles. The highest BCUT2D eigenvalue weighted by molar-refractivity contribution is 7.15. The fraction of sp³-hybridized carbons (Fsp3) is 0.467. The van der Waals surface area contributed by atoms with E-state index in [-0.39, 0.29) is 11.9 Å². The molecule has 2 rings (SSSR count). The van der Waals surface area contributed by atoms with E-state index in [0.29, 0.717) is 5.92 Å². The Kier molecular flexibility index (Phi) is 5.06. The summed E-state index contributed by atoms with van der Waals surface area (Å²) in [5.74, 6) is 0.363. The van der Waals surface area contributed by atoms with Crippen molar-refractivity contribution >= 4 is 16.5 Å². The van der Waals surface area contributed by atoms with Crippen molar-refractivity contribution in [1.82, 2.24) is 10.2 Å². The van der Waals surface area contributed by atoms with Crippen LogP contribution in [0.5, 0.6) is 0 Å². The zero-order valence-corrected chi connectivity index (χ0v) is 12.9. The summed E-state index contributed by atoms with van der Waals surface area (Å²) in [6.07, 6.45) is 1.80. The molecule has 1 heterocycles. The van der Waals surface area contributed by atoms with Crippen molar-refractivity contribution in [2.75, 3.05) is 5.32 Å². The zero-order chi connectivity index (χ0) is 14.5. The molecule has 20 heavy (non-hydrogen) atoms. The van der Waals surface area contributed by atoms with Crippen LogP contribution in [0.3, 0.4) is 0 Å². The minimum Gasteiger partial charge on any atom is -0.353 e. The Morgan fingerprint density at radius 2 is 2.10 bits per heavy atom. The molecule has 1 N–H and O–H groups in total. The van der Waals surface area contributed by atoms with E-state index in [1.807, 2.05) is 6.07 Å². The van der Waals surface area contributed by atoms with Gasteiger partial charge in [0.1, 0.15) is 10.8 Å². The van der Waals surface area contributed by atoms with Crippen LogP contribution in [0.15, 0.2) is 24.3 Å². The number of anilines is 1. The minimum atomic E-state index is -0.208. The van der Waals surface area contributed by atoms with E-state index in [1.165, 1.54) is 6.07 Å². The summed E-state index contributed by atoms with van der Waals surface area (Å²) in [5.41, 5.74) is 0.938. The van der Waals surface area contributed by atoms with Gasteiger partial charge in [-0.3, -0.25) is 0 Å². The molecule has 1 unspecified atom stereocenters. The van der Waals surface area contributed by atoms with Gasteiger partial charge in [-0.25, -0.2) is 4.39 Å². The van der Waals surface area contributed by atoms with Crippen LogP contribution in [0.1, 0.15) is 43.8 Å². The van der Waals surface area contributed by atoms with Gasteiger partial charge >= 0.3 is 0 Å². The number of nitrogens with zero attached hydrogens (tertiary/aromatic N) is 2. The van der Waals surface area contributed by atoms with Crippen LogP contribution in [0, 0.1) is 11.7 Å². The number of halogens is 1. The molecule has 108 valence electrons. The molecule has 3 nitrogen and oxygen atoms in total. The second kappa shape index (κ2) is 6.79. The number of hydrogen-bond donors (Lipinski definition) is 1. The number of nitrogens with one attached hydrogen (secondary N) is 1. The van der Waals surface area contributed by atoms with Gasteiger partial charge < -0.3 is 5.32 Å². The quantitative estimate of drug-likeness (QED) is 0.855. The maximum atomic E-state index is 13.3. The second-order valence-electron chi connectivity index (χ2n) is 5.26. The van der Waals surface area contributed by atoms with Crippen molar-refractivity contribution in [3.63, 3.8) is 0 Å². The van der Waals surface area contributed by atoms with Crippen molar-refractivity contribution in [3.05, 3.63) is 40.7 Å². The lowest BCUT2D eigenvalue weighted by Gasteiger charge is -2.16. The van der Waals surface area contributed by atoms with Crippen LogP contribution >= 0.6 is 11.3 Å². The molecular formula is C15H20FN3S. The Hall–Kier alpha value is -1.49. The number of benzene rings is 1. The van der Waals surface area contributed by atoms with Gasteiger partial charge in [0.2, 0.25) is 5.13 Å². The van der Waals surface area contributed by atoms with E-state index in [4.69, 9.17) is 0 Å². The van der Waals surface area contributed by atoms with E-state index in [0.717, 1.165) is 28.5 Å². The van der Waals surface area contributed by atoms with E-state index >= 15 is 0 Å². The Morgan fingerprint density at radius 3 is 2.75 bits per heavy atom. The molecule has 0 saturated carbocycles. The Morgan fingerprint density at radius 1 is 1.30 bits per heavy atom. The van der Waals surface area contributed by atoms with Crippen molar-refractivity contribution in [3.8, 4) is 0 Å². The van der Waals surface area contributed by atoms with Crippen LogP contribution in [0.4, 0.5) is 9.52 Å². The molecule has 0 saturated heterocycles. The number of aromatic nitrogens is 2. The summed E-state index contributed by atoms with van der Waals surface area (Å²) in [4.78, 5) is 0. The fourth-order valence-electron chi connectivity index (χ4n) is 2.04. The summed E-state index contributed by atoms with van der Waals surface area (Å²) in [6.45, 7) is 6.39. The third-order valence-electron chi connectivity index (χ3n) is 3.01. The third kappa shape index (κ3) is 4.00. The molecule has 0 aliphatic carbocycles. The van der Waals surface area contributed by atoms with Crippen LogP contribution in [-0.4, -0.2) is 10.2 Å². The Labute approximate surface area is 123 Å². The van der Waals surface area contributed by atoms with Gasteiger partial charge in [0, 0.05) is 6.42 Å². The molecule has 1 atom stereocenters. The second-order valence-corrected chi connectivity index (χ2v) is 6.32. The molecule has 5 heteroatoms. The molecule has 1 aromatic heterocycles. The fourth-order valence-corrected chi connectivity index (χ4v) is 3.04. The first-order valence-corrected chi connectivity index (χ1v) is 7.74. The number of rotatable bonds is 6. The van der Waals surface area contributed by atoms with Gasteiger partial charge in [-0.1, -0.05) is 44.2 Å². The molecular weight excluding hydrogens is 273 g/mol. The van der Waals surface area contributed by atoms with E-state index in [2.05, 4.69) is 36.3 Å². The first-order valence-electron chi connectivity index (χ1n) is 6.93. The summed E-state index contributed by atoms with van der Waals surface area (Å²) >= 11 is 1.58. The van der Waals surface area contributed by atoms with Gasteiger partial charge in [0.15, 0.2) is 0 Å². The van der Waals surface area contributed by atoms with E-state index in [9.17, 15) is 4.39 Å². The predicted molar refractivity (Wildman–Crippen MR) is 81.5 cm³/mol. The highest BCUT2D eigenvalue weighted by Gasteiger charge is 2.13. The maximum absolute atomic E-state index is 13.3. The lowest BCUT2D eigenvalue weighted by molar-refractivity contribution is 0.620. The molecule has 0 amide bonds. The summed E-state index contributed by atoms with van der Waals surface area (Å²) in [6, 6.07) is 6.75. The first kappa shape index (κ1) is 14.9. The first-order chi connectivity index (χ1) is 9.58. The highest BCUT2D eigenvalue weighted by Crippen LogP contribution is 2.26. The lowest BCUT2D eigenvalue weighted by atomic mass is 10.1. The molecule has 0 fully saturated rings. The van der Waals surface area contributed by atoms with Gasteiger partial charge in [-0.15, -0.1) is 10.2 Å². The smallest absolute Gasteiger partial charge is 0.206 e. The minimum absolute atomic E-state index is 0.0607. The van der Waals surface area contributed by atoms with Crippen molar-refractivity contribution < 1.29 is 4.39 Å².